The Bertz CT molecular complexity index is 1720. The lowest BCUT2D eigenvalue weighted by Crippen LogP contribution is -2.57. The molecule has 0 unspecified atom stereocenters. The molecule has 2 aromatic heterocycles. The number of nitrogens with zero attached hydrogens (tertiary/aromatic N) is 4. The first-order valence-corrected chi connectivity index (χ1v) is 15.1. The van der Waals surface area contributed by atoms with E-state index in [1.807, 2.05) is 35.2 Å². The summed E-state index contributed by atoms with van der Waals surface area (Å²) in [6.07, 6.45) is 4.32. The Morgan fingerprint density at radius 2 is 1.88 bits per heavy atom. The summed E-state index contributed by atoms with van der Waals surface area (Å²) < 4.78 is 3.42. The molecule has 0 atom stereocenters. The van der Waals surface area contributed by atoms with Gasteiger partial charge in [0.1, 0.15) is 0 Å². The van der Waals surface area contributed by atoms with Crippen LogP contribution in [0.5, 0.6) is 0 Å². The van der Waals surface area contributed by atoms with Crippen LogP contribution in [0.15, 0.2) is 64.6 Å². The number of amides is 2. The molecule has 2 aromatic carbocycles. The number of benzene rings is 2. The number of hydrogen-bond donors (Lipinski definition) is 6. The Morgan fingerprint density at radius 1 is 1.07 bits per heavy atom. The summed E-state index contributed by atoms with van der Waals surface area (Å²) in [5, 5.41) is 7.16. The Labute approximate surface area is 257 Å². The number of para-hydroxylation sites is 1. The Kier molecular flexibility index (Phi) is 8.10. The van der Waals surface area contributed by atoms with E-state index in [0.29, 0.717) is 44.0 Å². The standard InChI is InChI=1S/C29H31ClN10O2S/c30-23-25(32)37-24(31)22(36-23)26(41)38-28-34-16-29(39-28)9-12-40(13-10-29)27(42)17-4-3-5-19(14-17)43-35-11-8-18-15-33-21-7-2-1-6-20(18)21/h1-7,14-15,33,35H,8-13,16H2,(H4,31,32,37)(H2,34,38,39,41). The first kappa shape index (κ1) is 28.8. The van der Waals surface area contributed by atoms with Gasteiger partial charge in [0.2, 0.25) is 0 Å². The number of aromatic amines is 1. The number of piperidine rings is 1. The third-order valence-electron chi connectivity index (χ3n) is 7.73. The van der Waals surface area contributed by atoms with Crippen LogP contribution in [0.2, 0.25) is 5.15 Å². The van der Waals surface area contributed by atoms with Gasteiger partial charge in [0.05, 0.1) is 12.1 Å². The van der Waals surface area contributed by atoms with Crippen molar-refractivity contribution < 1.29 is 9.59 Å². The fraction of sp³-hybridized carbons (Fsp3) is 0.276. The number of fused-ring (bicyclic) bond motifs is 1. The predicted molar refractivity (Wildman–Crippen MR) is 169 cm³/mol. The largest absolute Gasteiger partial charge is 0.382 e. The monoisotopic (exact) mass is 618 g/mol. The van der Waals surface area contributed by atoms with Crippen molar-refractivity contribution in [1.29, 1.82) is 0 Å². The average molecular weight is 619 g/mol. The molecule has 0 bridgehead atoms. The molecule has 2 aliphatic rings. The second-order valence-corrected chi connectivity index (χ2v) is 11.9. The van der Waals surface area contributed by atoms with Gasteiger partial charge >= 0.3 is 0 Å². The third kappa shape index (κ3) is 6.24. The lowest BCUT2D eigenvalue weighted by Gasteiger charge is -2.39. The van der Waals surface area contributed by atoms with E-state index in [-0.39, 0.29) is 33.9 Å². The second kappa shape index (κ2) is 12.1. The van der Waals surface area contributed by atoms with Gasteiger partial charge < -0.3 is 26.7 Å². The molecule has 4 aromatic rings. The van der Waals surface area contributed by atoms with Crippen molar-refractivity contribution in [1.82, 2.24) is 35.2 Å². The molecule has 43 heavy (non-hydrogen) atoms. The number of halogens is 1. The Balaban J connectivity index is 0.980. The molecule has 4 heterocycles. The van der Waals surface area contributed by atoms with Crippen LogP contribution in [-0.2, 0) is 6.42 Å². The Hall–Kier alpha value is -4.33. The van der Waals surface area contributed by atoms with E-state index < -0.39 is 5.91 Å². The quantitative estimate of drug-likeness (QED) is 0.134. The van der Waals surface area contributed by atoms with Gasteiger partial charge in [0.15, 0.2) is 28.4 Å². The van der Waals surface area contributed by atoms with Crippen molar-refractivity contribution in [2.45, 2.75) is 29.7 Å². The van der Waals surface area contributed by atoms with E-state index in [4.69, 9.17) is 23.1 Å². The summed E-state index contributed by atoms with van der Waals surface area (Å²) in [5.74, 6) is -0.443. The first-order valence-electron chi connectivity index (χ1n) is 13.9. The van der Waals surface area contributed by atoms with E-state index >= 15 is 0 Å². The summed E-state index contributed by atoms with van der Waals surface area (Å²) in [5.41, 5.74) is 14.0. The minimum Gasteiger partial charge on any atom is -0.382 e. The van der Waals surface area contributed by atoms with Crippen molar-refractivity contribution in [3.63, 3.8) is 0 Å². The molecule has 0 saturated carbocycles. The maximum Gasteiger partial charge on any atom is 0.280 e. The number of aliphatic imine (C=N–C) groups is 1. The average Bonchev–Trinajstić information content (AvgIpc) is 3.61. The molecule has 8 N–H and O–H groups in total. The molecule has 0 aliphatic carbocycles. The van der Waals surface area contributed by atoms with E-state index in [2.05, 4.69) is 59.7 Å². The number of nitrogen functional groups attached to an aromatic ring is 2. The maximum absolute atomic E-state index is 13.4. The highest BCUT2D eigenvalue weighted by Gasteiger charge is 2.40. The molecular weight excluding hydrogens is 588 g/mol. The molecule has 1 fully saturated rings. The summed E-state index contributed by atoms with van der Waals surface area (Å²) in [6, 6.07) is 16.0. The zero-order chi connectivity index (χ0) is 30.0. The van der Waals surface area contributed by atoms with Gasteiger partial charge in [-0.1, -0.05) is 35.9 Å². The SMILES string of the molecule is Nc1nc(N)c(C(=O)NC2=NCC3(CCN(C(=O)c4cccc(SNCCc5c[nH]c6ccccc56)c4)CC3)N2)nc1Cl. The van der Waals surface area contributed by atoms with Crippen molar-refractivity contribution in [3.05, 3.63) is 76.7 Å². The molecule has 0 radical (unpaired) electrons. The molecule has 6 rings (SSSR count). The lowest BCUT2D eigenvalue weighted by atomic mass is 9.88. The molecular formula is C29H31ClN10O2S. The normalized spacial score (nSPS) is 15.8. The third-order valence-corrected chi connectivity index (χ3v) is 8.84. The molecule has 12 nitrogen and oxygen atoms in total. The van der Waals surface area contributed by atoms with Gasteiger partial charge in [0.25, 0.3) is 11.8 Å². The highest BCUT2D eigenvalue weighted by atomic mass is 35.5. The van der Waals surface area contributed by atoms with Crippen LogP contribution in [0.25, 0.3) is 10.9 Å². The number of likely N-dealkylation sites (tertiary alicyclic amines) is 1. The summed E-state index contributed by atoms with van der Waals surface area (Å²) >= 11 is 7.43. The van der Waals surface area contributed by atoms with Crippen molar-refractivity contribution in [2.24, 2.45) is 4.99 Å². The lowest BCUT2D eigenvalue weighted by molar-refractivity contribution is 0.0668. The molecule has 222 valence electrons. The number of guanidine groups is 1. The second-order valence-electron chi connectivity index (χ2n) is 10.6. The van der Waals surface area contributed by atoms with E-state index in [1.54, 1.807) is 0 Å². The van der Waals surface area contributed by atoms with E-state index in [1.165, 1.54) is 22.9 Å². The molecule has 2 aliphatic heterocycles. The van der Waals surface area contributed by atoms with Gasteiger partial charge in [-0.3, -0.25) is 24.6 Å². The van der Waals surface area contributed by atoms with Gasteiger partial charge in [-0.15, -0.1) is 0 Å². The van der Waals surface area contributed by atoms with Crippen LogP contribution in [0.1, 0.15) is 39.3 Å². The molecule has 2 amide bonds. The van der Waals surface area contributed by atoms with Crippen LogP contribution in [-0.4, -0.2) is 69.3 Å². The summed E-state index contributed by atoms with van der Waals surface area (Å²) in [6.45, 7) is 2.40. The van der Waals surface area contributed by atoms with Crippen LogP contribution < -0.4 is 26.8 Å². The zero-order valence-electron chi connectivity index (χ0n) is 23.2. The summed E-state index contributed by atoms with van der Waals surface area (Å²) in [4.78, 5) is 44.5. The number of rotatable bonds is 7. The first-order chi connectivity index (χ1) is 20.8. The molecule has 14 heteroatoms. The van der Waals surface area contributed by atoms with Crippen LogP contribution >= 0.6 is 23.5 Å². The number of carbonyl (C=O) groups is 2. The van der Waals surface area contributed by atoms with Crippen LogP contribution in [0.3, 0.4) is 0 Å². The van der Waals surface area contributed by atoms with Gasteiger partial charge in [0, 0.05) is 47.2 Å². The number of aromatic nitrogens is 3. The fourth-order valence-corrected chi connectivity index (χ4v) is 6.19. The number of carbonyl (C=O) groups excluding carboxylic acids is 2. The minimum atomic E-state index is -0.590. The smallest absolute Gasteiger partial charge is 0.280 e. The number of nitrogens with two attached hydrogens (primary N) is 2. The van der Waals surface area contributed by atoms with Crippen molar-refractivity contribution in [3.8, 4) is 0 Å². The highest BCUT2D eigenvalue weighted by molar-refractivity contribution is 7.97. The number of anilines is 2. The van der Waals surface area contributed by atoms with E-state index in [9.17, 15) is 9.59 Å². The number of nitrogens with one attached hydrogen (secondary N) is 4. The molecule has 1 spiro atoms. The number of hydrogen-bond acceptors (Lipinski definition) is 10. The van der Waals surface area contributed by atoms with Gasteiger partial charge in [-0.05, 0) is 61.0 Å². The highest BCUT2D eigenvalue weighted by Crippen LogP contribution is 2.28. The number of H-pyrrole nitrogens is 1. The van der Waals surface area contributed by atoms with Gasteiger partial charge in [-0.2, -0.15) is 0 Å². The maximum atomic E-state index is 13.4. The van der Waals surface area contributed by atoms with Gasteiger partial charge in [-0.25, -0.2) is 9.97 Å². The van der Waals surface area contributed by atoms with Crippen LogP contribution in [0.4, 0.5) is 11.6 Å². The minimum absolute atomic E-state index is 0.00202. The summed E-state index contributed by atoms with van der Waals surface area (Å²) in [7, 11) is 0. The van der Waals surface area contributed by atoms with Crippen molar-refractivity contribution >= 4 is 63.9 Å². The molecule has 1 saturated heterocycles. The zero-order valence-corrected chi connectivity index (χ0v) is 24.8. The predicted octanol–water partition coefficient (Wildman–Crippen LogP) is 2.98. The fourth-order valence-electron chi connectivity index (χ4n) is 5.36. The van der Waals surface area contributed by atoms with Crippen LogP contribution in [0, 0.1) is 0 Å². The van der Waals surface area contributed by atoms with Crippen molar-refractivity contribution in [2.75, 3.05) is 37.6 Å². The Morgan fingerprint density at radius 3 is 2.72 bits per heavy atom. The topological polar surface area (TPSA) is 179 Å². The van der Waals surface area contributed by atoms with E-state index in [0.717, 1.165) is 23.4 Å².